The topological polar surface area (TPSA) is 102 Å². The summed E-state index contributed by atoms with van der Waals surface area (Å²) in [6.07, 6.45) is 0. The van der Waals surface area contributed by atoms with E-state index in [2.05, 4.69) is 10.6 Å². The molecule has 21 heavy (non-hydrogen) atoms. The summed E-state index contributed by atoms with van der Waals surface area (Å²) in [6.45, 7) is 1.62. The number of anilines is 1. The molecule has 3 amide bonds. The van der Waals surface area contributed by atoms with Gasteiger partial charge in [0.25, 0.3) is 0 Å². The number of benzene rings is 1. The second-order valence-electron chi connectivity index (χ2n) is 4.73. The van der Waals surface area contributed by atoms with E-state index < -0.39 is 17.9 Å². The minimum Gasteiger partial charge on any atom is -0.325 e. The fourth-order valence-electron chi connectivity index (χ4n) is 2.01. The van der Waals surface area contributed by atoms with Gasteiger partial charge in [-0.15, -0.1) is 0 Å². The molecule has 7 nitrogen and oxygen atoms in total. The van der Waals surface area contributed by atoms with Crippen LogP contribution in [-0.4, -0.2) is 41.8 Å². The van der Waals surface area contributed by atoms with Gasteiger partial charge < -0.3 is 5.32 Å². The Morgan fingerprint density at radius 3 is 2.67 bits per heavy atom. The highest BCUT2D eigenvalue weighted by Gasteiger charge is 2.29. The van der Waals surface area contributed by atoms with Crippen molar-refractivity contribution in [2.45, 2.75) is 13.0 Å². The highest BCUT2D eigenvalue weighted by atomic mass is 16.2. The minimum atomic E-state index is -0.634. The van der Waals surface area contributed by atoms with Gasteiger partial charge in [-0.25, -0.2) is 0 Å². The zero-order chi connectivity index (χ0) is 15.4. The van der Waals surface area contributed by atoms with Gasteiger partial charge in [-0.1, -0.05) is 6.07 Å². The molecule has 0 saturated carbocycles. The van der Waals surface area contributed by atoms with Gasteiger partial charge in [-0.3, -0.25) is 24.6 Å². The molecule has 1 aromatic carbocycles. The van der Waals surface area contributed by atoms with E-state index in [1.54, 1.807) is 31.2 Å². The highest BCUT2D eigenvalue weighted by molar-refractivity contribution is 6.01. The molecule has 0 aliphatic carbocycles. The normalized spacial score (nSPS) is 16.8. The third-order valence-electron chi connectivity index (χ3n) is 3.16. The lowest BCUT2D eigenvalue weighted by Crippen LogP contribution is -2.56. The molecule has 108 valence electrons. The molecule has 1 aromatic rings. The second-order valence-corrected chi connectivity index (χ2v) is 4.73. The molecule has 1 aliphatic rings. The zero-order valence-electron chi connectivity index (χ0n) is 11.4. The summed E-state index contributed by atoms with van der Waals surface area (Å²) in [5.74, 6) is -1.18. The Bertz CT molecular complexity index is 619. The number of carbonyl (C=O) groups excluding carboxylic acids is 3. The van der Waals surface area contributed by atoms with Crippen molar-refractivity contribution < 1.29 is 14.4 Å². The Kier molecular flexibility index (Phi) is 4.30. The Balaban J connectivity index is 2.04. The van der Waals surface area contributed by atoms with Gasteiger partial charge in [0.15, 0.2) is 0 Å². The van der Waals surface area contributed by atoms with E-state index in [9.17, 15) is 14.4 Å². The number of nitrogens with zero attached hydrogens (tertiary/aromatic N) is 2. The minimum absolute atomic E-state index is 0.00143. The fourth-order valence-corrected chi connectivity index (χ4v) is 2.01. The molecule has 0 spiro atoms. The first-order chi connectivity index (χ1) is 9.99. The molecule has 1 saturated heterocycles. The van der Waals surface area contributed by atoms with Crippen LogP contribution in [0.25, 0.3) is 0 Å². The lowest BCUT2D eigenvalue weighted by atomic mass is 10.2. The predicted molar refractivity (Wildman–Crippen MR) is 74.0 cm³/mol. The van der Waals surface area contributed by atoms with Crippen LogP contribution in [0.1, 0.15) is 12.5 Å². The van der Waals surface area contributed by atoms with Crippen LogP contribution in [0.5, 0.6) is 0 Å². The van der Waals surface area contributed by atoms with Crippen molar-refractivity contribution >= 4 is 23.4 Å². The molecule has 7 heteroatoms. The van der Waals surface area contributed by atoms with Crippen LogP contribution in [0, 0.1) is 11.3 Å². The molecule has 2 N–H and O–H groups in total. The number of nitriles is 1. The Labute approximate surface area is 121 Å². The van der Waals surface area contributed by atoms with Crippen LogP contribution in [-0.2, 0) is 14.4 Å². The summed E-state index contributed by atoms with van der Waals surface area (Å²) < 4.78 is 0. The molecule has 0 bridgehead atoms. The smallest absolute Gasteiger partial charge is 0.241 e. The molecule has 1 aliphatic heterocycles. The van der Waals surface area contributed by atoms with Gasteiger partial charge in [-0.05, 0) is 25.1 Å². The van der Waals surface area contributed by atoms with Crippen molar-refractivity contribution in [2.75, 3.05) is 18.4 Å². The number of rotatable bonds is 3. The zero-order valence-corrected chi connectivity index (χ0v) is 11.4. The Hall–Kier alpha value is -2.72. The number of carbonyl (C=O) groups is 3. The lowest BCUT2D eigenvalue weighted by molar-refractivity contribution is -0.138. The van der Waals surface area contributed by atoms with Crippen molar-refractivity contribution in [1.29, 1.82) is 5.26 Å². The quantitative estimate of drug-likeness (QED) is 0.752. The summed E-state index contributed by atoms with van der Waals surface area (Å²) in [5.41, 5.74) is 0.937. The first-order valence-corrected chi connectivity index (χ1v) is 6.37. The average molecular weight is 286 g/mol. The van der Waals surface area contributed by atoms with Crippen LogP contribution in [0.3, 0.4) is 0 Å². The Morgan fingerprint density at radius 1 is 1.38 bits per heavy atom. The van der Waals surface area contributed by atoms with Crippen LogP contribution in [0.2, 0.25) is 0 Å². The van der Waals surface area contributed by atoms with E-state index in [1.807, 2.05) is 6.07 Å². The summed E-state index contributed by atoms with van der Waals surface area (Å²) in [7, 11) is 0. The average Bonchev–Trinajstić information content (AvgIpc) is 2.45. The van der Waals surface area contributed by atoms with Crippen LogP contribution in [0.4, 0.5) is 5.69 Å². The fraction of sp³-hybridized carbons (Fsp3) is 0.286. The molecule has 1 fully saturated rings. The number of hydrogen-bond donors (Lipinski definition) is 2. The van der Waals surface area contributed by atoms with Crippen molar-refractivity contribution in [3.8, 4) is 6.07 Å². The molecule has 0 aromatic heterocycles. The standard InChI is InChI=1S/C14H14N4O3/c1-9(18-7-12(19)17-13(20)8-18)14(21)16-11-4-2-3-10(5-11)6-15/h2-5,9H,7-8H2,1H3,(H,16,21)(H,17,19,20). The molecule has 1 atom stereocenters. The van der Waals surface area contributed by atoms with Crippen LogP contribution >= 0.6 is 0 Å². The van der Waals surface area contributed by atoms with Gasteiger partial charge in [0.1, 0.15) is 0 Å². The Morgan fingerprint density at radius 2 is 2.05 bits per heavy atom. The number of imide groups is 1. The van der Waals surface area contributed by atoms with Gasteiger partial charge in [0, 0.05) is 5.69 Å². The van der Waals surface area contributed by atoms with E-state index in [0.717, 1.165) is 0 Å². The summed E-state index contributed by atoms with van der Waals surface area (Å²) in [5, 5.41) is 13.7. The predicted octanol–water partition coefficient (Wildman–Crippen LogP) is -0.156. The van der Waals surface area contributed by atoms with E-state index in [0.29, 0.717) is 11.3 Å². The summed E-state index contributed by atoms with van der Waals surface area (Å²) >= 11 is 0. The molecule has 0 radical (unpaired) electrons. The second kappa shape index (κ2) is 6.15. The van der Waals surface area contributed by atoms with Gasteiger partial charge >= 0.3 is 0 Å². The number of nitrogens with one attached hydrogen (secondary N) is 2. The summed E-state index contributed by atoms with van der Waals surface area (Å²) in [4.78, 5) is 36.3. The van der Waals surface area contributed by atoms with Crippen molar-refractivity contribution in [2.24, 2.45) is 0 Å². The molecule has 1 heterocycles. The van der Waals surface area contributed by atoms with Crippen molar-refractivity contribution in [1.82, 2.24) is 10.2 Å². The van der Waals surface area contributed by atoms with Gasteiger partial charge in [-0.2, -0.15) is 5.26 Å². The largest absolute Gasteiger partial charge is 0.325 e. The third kappa shape index (κ3) is 3.64. The highest BCUT2D eigenvalue weighted by Crippen LogP contribution is 2.12. The SMILES string of the molecule is CC(C(=O)Nc1cccc(C#N)c1)N1CC(=O)NC(=O)C1. The maximum Gasteiger partial charge on any atom is 0.241 e. The monoisotopic (exact) mass is 286 g/mol. The number of piperazine rings is 1. The first kappa shape index (κ1) is 14.7. The molecular formula is C14H14N4O3. The van der Waals surface area contributed by atoms with Crippen molar-refractivity contribution in [3.63, 3.8) is 0 Å². The van der Waals surface area contributed by atoms with E-state index in [4.69, 9.17) is 5.26 Å². The molecule has 1 unspecified atom stereocenters. The number of hydrogen-bond acceptors (Lipinski definition) is 5. The van der Waals surface area contributed by atoms with Crippen LogP contribution < -0.4 is 10.6 Å². The van der Waals surface area contributed by atoms with E-state index in [-0.39, 0.29) is 19.0 Å². The number of amides is 3. The van der Waals surface area contributed by atoms with Crippen molar-refractivity contribution in [3.05, 3.63) is 29.8 Å². The first-order valence-electron chi connectivity index (χ1n) is 6.37. The van der Waals surface area contributed by atoms with Gasteiger partial charge in [0.05, 0.1) is 30.8 Å². The third-order valence-corrected chi connectivity index (χ3v) is 3.16. The van der Waals surface area contributed by atoms with E-state index in [1.165, 1.54) is 4.90 Å². The summed E-state index contributed by atoms with van der Waals surface area (Å²) in [6, 6.07) is 7.87. The van der Waals surface area contributed by atoms with E-state index >= 15 is 0 Å². The maximum atomic E-state index is 12.1. The van der Waals surface area contributed by atoms with Gasteiger partial charge in [0.2, 0.25) is 17.7 Å². The van der Waals surface area contributed by atoms with Crippen LogP contribution in [0.15, 0.2) is 24.3 Å². The molecular weight excluding hydrogens is 272 g/mol. The molecule has 2 rings (SSSR count). The lowest BCUT2D eigenvalue weighted by Gasteiger charge is -2.29. The maximum absolute atomic E-state index is 12.1.